The molecule has 0 bridgehead atoms. The van der Waals surface area contributed by atoms with Crippen LogP contribution in [0.1, 0.15) is 26.7 Å². The summed E-state index contributed by atoms with van der Waals surface area (Å²) in [6.45, 7) is 5.65. The van der Waals surface area contributed by atoms with Crippen LogP contribution in [0.3, 0.4) is 0 Å². The molecule has 72 valence electrons. The number of rotatable bonds is 3. The quantitative estimate of drug-likeness (QED) is 0.654. The van der Waals surface area contributed by atoms with Crippen LogP contribution < -0.4 is 5.73 Å². The SMILES string of the molecule is CC1(C)CC(CN)(CCO)CO1. The van der Waals surface area contributed by atoms with Crippen molar-refractivity contribution < 1.29 is 9.84 Å². The van der Waals surface area contributed by atoms with Gasteiger partial charge in [-0.3, -0.25) is 0 Å². The molecule has 1 aliphatic heterocycles. The highest BCUT2D eigenvalue weighted by molar-refractivity contribution is 4.93. The van der Waals surface area contributed by atoms with Crippen molar-refractivity contribution in [1.82, 2.24) is 0 Å². The highest BCUT2D eigenvalue weighted by Crippen LogP contribution is 2.40. The first-order valence-electron chi connectivity index (χ1n) is 4.49. The fraction of sp³-hybridized carbons (Fsp3) is 1.00. The van der Waals surface area contributed by atoms with Crippen LogP contribution in [0.2, 0.25) is 0 Å². The van der Waals surface area contributed by atoms with Crippen LogP contribution >= 0.6 is 0 Å². The Morgan fingerprint density at radius 2 is 2.17 bits per heavy atom. The predicted molar refractivity (Wildman–Crippen MR) is 47.8 cm³/mol. The zero-order valence-electron chi connectivity index (χ0n) is 7.97. The van der Waals surface area contributed by atoms with Crippen molar-refractivity contribution in [2.45, 2.75) is 32.3 Å². The summed E-state index contributed by atoms with van der Waals surface area (Å²) < 4.78 is 5.61. The minimum atomic E-state index is -0.0610. The summed E-state index contributed by atoms with van der Waals surface area (Å²) >= 11 is 0. The third-order valence-electron chi connectivity index (χ3n) is 2.64. The van der Waals surface area contributed by atoms with Crippen molar-refractivity contribution in [3.63, 3.8) is 0 Å². The summed E-state index contributed by atoms with van der Waals surface area (Å²) in [5, 5.41) is 8.88. The van der Waals surface area contributed by atoms with Gasteiger partial charge >= 0.3 is 0 Å². The maximum atomic E-state index is 8.88. The lowest BCUT2D eigenvalue weighted by atomic mass is 9.79. The van der Waals surface area contributed by atoms with Gasteiger partial charge in [-0.2, -0.15) is 0 Å². The molecule has 0 aliphatic carbocycles. The molecule has 12 heavy (non-hydrogen) atoms. The lowest BCUT2D eigenvalue weighted by Crippen LogP contribution is -2.33. The zero-order chi connectivity index (χ0) is 9.24. The summed E-state index contributed by atoms with van der Waals surface area (Å²) in [4.78, 5) is 0. The van der Waals surface area contributed by atoms with Gasteiger partial charge in [-0.1, -0.05) is 0 Å². The van der Waals surface area contributed by atoms with Crippen LogP contribution in [-0.2, 0) is 4.74 Å². The minimum absolute atomic E-state index is 0.0260. The molecule has 3 heteroatoms. The molecule has 0 radical (unpaired) electrons. The first-order valence-corrected chi connectivity index (χ1v) is 4.49. The van der Waals surface area contributed by atoms with Crippen LogP contribution in [0.15, 0.2) is 0 Å². The maximum absolute atomic E-state index is 8.88. The summed E-state index contributed by atoms with van der Waals surface area (Å²) in [5.41, 5.74) is 5.65. The second kappa shape index (κ2) is 3.32. The standard InChI is InChI=1S/C9H19NO2/c1-8(2)5-9(6-10,3-4-11)7-12-8/h11H,3-7,10H2,1-2H3. The van der Waals surface area contributed by atoms with E-state index in [1.54, 1.807) is 0 Å². The van der Waals surface area contributed by atoms with Gasteiger partial charge in [0.1, 0.15) is 0 Å². The summed E-state index contributed by atoms with van der Waals surface area (Å²) in [6.07, 6.45) is 1.71. The fourth-order valence-electron chi connectivity index (χ4n) is 1.98. The van der Waals surface area contributed by atoms with Gasteiger partial charge in [0.2, 0.25) is 0 Å². The van der Waals surface area contributed by atoms with Crippen LogP contribution in [0, 0.1) is 5.41 Å². The van der Waals surface area contributed by atoms with E-state index in [2.05, 4.69) is 13.8 Å². The Morgan fingerprint density at radius 1 is 1.50 bits per heavy atom. The molecule has 1 atom stereocenters. The van der Waals surface area contributed by atoms with Crippen molar-refractivity contribution in [3.05, 3.63) is 0 Å². The smallest absolute Gasteiger partial charge is 0.0633 e. The number of ether oxygens (including phenoxy) is 1. The highest BCUT2D eigenvalue weighted by atomic mass is 16.5. The van der Waals surface area contributed by atoms with Crippen molar-refractivity contribution in [3.8, 4) is 0 Å². The van der Waals surface area contributed by atoms with Crippen LogP contribution in [0.5, 0.6) is 0 Å². The molecule has 0 aromatic carbocycles. The van der Waals surface area contributed by atoms with E-state index in [1.165, 1.54) is 0 Å². The van der Waals surface area contributed by atoms with Crippen molar-refractivity contribution in [2.24, 2.45) is 11.1 Å². The molecule has 1 aliphatic rings. The summed E-state index contributed by atoms with van der Waals surface area (Å²) in [7, 11) is 0. The topological polar surface area (TPSA) is 55.5 Å². The van der Waals surface area contributed by atoms with E-state index in [9.17, 15) is 0 Å². The Morgan fingerprint density at radius 3 is 2.50 bits per heavy atom. The van der Waals surface area contributed by atoms with Gasteiger partial charge in [0.15, 0.2) is 0 Å². The molecule has 1 fully saturated rings. The van der Waals surface area contributed by atoms with E-state index in [0.29, 0.717) is 13.2 Å². The Hall–Kier alpha value is -0.120. The molecule has 3 nitrogen and oxygen atoms in total. The van der Waals surface area contributed by atoms with Gasteiger partial charge in [0.05, 0.1) is 12.2 Å². The van der Waals surface area contributed by atoms with Gasteiger partial charge in [0, 0.05) is 18.6 Å². The average Bonchev–Trinajstić information content (AvgIpc) is 2.29. The Kier molecular flexibility index (Phi) is 2.76. The maximum Gasteiger partial charge on any atom is 0.0633 e. The third-order valence-corrected chi connectivity index (χ3v) is 2.64. The van der Waals surface area contributed by atoms with E-state index in [0.717, 1.165) is 12.8 Å². The molecule has 0 aromatic rings. The number of hydrogen-bond donors (Lipinski definition) is 2. The fourth-order valence-corrected chi connectivity index (χ4v) is 1.98. The van der Waals surface area contributed by atoms with Gasteiger partial charge in [-0.15, -0.1) is 0 Å². The molecular formula is C9H19NO2. The van der Waals surface area contributed by atoms with E-state index in [4.69, 9.17) is 15.6 Å². The molecular weight excluding hydrogens is 154 g/mol. The molecule has 3 N–H and O–H groups in total. The molecule has 1 saturated heterocycles. The molecule has 0 amide bonds. The Balaban J connectivity index is 2.59. The van der Waals surface area contributed by atoms with Gasteiger partial charge < -0.3 is 15.6 Å². The first kappa shape index (κ1) is 9.96. The second-order valence-corrected chi connectivity index (χ2v) is 4.40. The molecule has 0 spiro atoms. The second-order valence-electron chi connectivity index (χ2n) is 4.40. The third kappa shape index (κ3) is 1.97. The number of aliphatic hydroxyl groups excluding tert-OH is 1. The van der Waals surface area contributed by atoms with Crippen molar-refractivity contribution in [2.75, 3.05) is 19.8 Å². The van der Waals surface area contributed by atoms with E-state index in [-0.39, 0.29) is 17.6 Å². The van der Waals surface area contributed by atoms with Gasteiger partial charge in [-0.05, 0) is 26.7 Å². The van der Waals surface area contributed by atoms with Crippen LogP contribution in [0.4, 0.5) is 0 Å². The van der Waals surface area contributed by atoms with Crippen LogP contribution in [-0.4, -0.2) is 30.5 Å². The lowest BCUT2D eigenvalue weighted by molar-refractivity contribution is 0.0300. The Bertz CT molecular complexity index is 159. The zero-order valence-corrected chi connectivity index (χ0v) is 7.97. The summed E-state index contributed by atoms with van der Waals surface area (Å²) in [6, 6.07) is 0. The van der Waals surface area contributed by atoms with Crippen molar-refractivity contribution in [1.29, 1.82) is 0 Å². The highest BCUT2D eigenvalue weighted by Gasteiger charge is 2.42. The molecule has 0 saturated carbocycles. The lowest BCUT2D eigenvalue weighted by Gasteiger charge is -2.25. The molecule has 1 unspecified atom stereocenters. The Labute approximate surface area is 73.9 Å². The largest absolute Gasteiger partial charge is 0.396 e. The normalized spacial score (nSPS) is 34.0. The van der Waals surface area contributed by atoms with E-state index < -0.39 is 0 Å². The van der Waals surface area contributed by atoms with Crippen molar-refractivity contribution >= 4 is 0 Å². The van der Waals surface area contributed by atoms with Gasteiger partial charge in [-0.25, -0.2) is 0 Å². The van der Waals surface area contributed by atoms with E-state index in [1.807, 2.05) is 0 Å². The van der Waals surface area contributed by atoms with Gasteiger partial charge in [0.25, 0.3) is 0 Å². The van der Waals surface area contributed by atoms with Crippen LogP contribution in [0.25, 0.3) is 0 Å². The number of nitrogens with two attached hydrogens (primary N) is 1. The average molecular weight is 173 g/mol. The predicted octanol–water partition coefficient (Wildman–Crippen LogP) is 0.513. The molecule has 0 aromatic heterocycles. The number of hydrogen-bond acceptors (Lipinski definition) is 3. The monoisotopic (exact) mass is 173 g/mol. The molecule has 1 heterocycles. The number of aliphatic hydroxyl groups is 1. The molecule has 1 rings (SSSR count). The van der Waals surface area contributed by atoms with E-state index >= 15 is 0 Å². The summed E-state index contributed by atoms with van der Waals surface area (Å²) in [5.74, 6) is 0. The minimum Gasteiger partial charge on any atom is -0.396 e. The first-order chi connectivity index (χ1) is 5.54.